The number of hydrogen-bond acceptors (Lipinski definition) is 1. The third-order valence-electron chi connectivity index (χ3n) is 3.69. The minimum absolute atomic E-state index is 0.697. The lowest BCUT2D eigenvalue weighted by molar-refractivity contribution is 0.339. The molecule has 1 rings (SSSR count). The second kappa shape index (κ2) is 4.45. The highest BCUT2D eigenvalue weighted by Crippen LogP contribution is 2.47. The Balaban J connectivity index is 2.23. The van der Waals surface area contributed by atoms with E-state index in [4.69, 9.17) is 0 Å². The van der Waals surface area contributed by atoms with Gasteiger partial charge in [0.2, 0.25) is 0 Å². The minimum atomic E-state index is 0.697. The fourth-order valence-corrected chi connectivity index (χ4v) is 2.03. The van der Waals surface area contributed by atoms with Crippen molar-refractivity contribution < 1.29 is 0 Å². The fraction of sp³-hybridized carbons (Fsp3) is 1.00. The van der Waals surface area contributed by atoms with Crippen molar-refractivity contribution >= 4 is 0 Å². The van der Waals surface area contributed by atoms with Crippen LogP contribution in [0.3, 0.4) is 0 Å². The molecule has 1 saturated carbocycles. The Hall–Kier alpha value is -0.0400. The smallest absolute Gasteiger partial charge is 0.00876 e. The Morgan fingerprint density at radius 3 is 2.15 bits per heavy atom. The molecular weight excluding hydrogens is 158 g/mol. The quantitative estimate of drug-likeness (QED) is 0.667. The largest absolute Gasteiger partial charge is 0.313 e. The molecule has 0 aromatic rings. The molecule has 0 saturated heterocycles. The molecule has 0 radical (unpaired) electrons. The molecule has 1 aliphatic rings. The monoisotopic (exact) mass is 183 g/mol. The average Bonchev–Trinajstić information content (AvgIpc) is 2.86. The van der Waals surface area contributed by atoms with Gasteiger partial charge in [0.15, 0.2) is 0 Å². The van der Waals surface area contributed by atoms with E-state index in [2.05, 4.69) is 33.0 Å². The Bertz CT molecular complexity index is 147. The highest BCUT2D eigenvalue weighted by Gasteiger charge is 2.40. The van der Waals surface area contributed by atoms with Gasteiger partial charge < -0.3 is 5.32 Å². The van der Waals surface area contributed by atoms with Crippen molar-refractivity contribution in [3.63, 3.8) is 0 Å². The van der Waals surface area contributed by atoms with E-state index >= 15 is 0 Å². The van der Waals surface area contributed by atoms with Gasteiger partial charge >= 0.3 is 0 Å². The minimum Gasteiger partial charge on any atom is -0.313 e. The molecule has 13 heavy (non-hydrogen) atoms. The summed E-state index contributed by atoms with van der Waals surface area (Å²) in [5.41, 5.74) is 0.697. The molecule has 0 amide bonds. The topological polar surface area (TPSA) is 12.0 Å². The molecule has 1 aliphatic carbocycles. The van der Waals surface area contributed by atoms with Crippen LogP contribution in [0.2, 0.25) is 0 Å². The van der Waals surface area contributed by atoms with Gasteiger partial charge in [-0.2, -0.15) is 0 Å². The third kappa shape index (κ3) is 2.98. The molecule has 1 unspecified atom stereocenters. The highest BCUT2D eigenvalue weighted by atomic mass is 14.9. The molecule has 0 aromatic heterocycles. The van der Waals surface area contributed by atoms with Crippen molar-refractivity contribution in [1.29, 1.82) is 0 Å². The summed E-state index contributed by atoms with van der Waals surface area (Å²) in [7, 11) is 0. The van der Waals surface area contributed by atoms with Gasteiger partial charge in [-0.15, -0.1) is 0 Å². The molecule has 1 fully saturated rings. The van der Waals surface area contributed by atoms with Crippen molar-refractivity contribution in [2.75, 3.05) is 6.54 Å². The number of nitrogens with one attached hydrogen (secondary N) is 1. The van der Waals surface area contributed by atoms with E-state index < -0.39 is 0 Å². The molecule has 78 valence electrons. The van der Waals surface area contributed by atoms with E-state index in [0.29, 0.717) is 5.41 Å². The van der Waals surface area contributed by atoms with Crippen molar-refractivity contribution in [2.45, 2.75) is 59.4 Å². The molecular formula is C12H25N. The molecule has 0 heterocycles. The predicted molar refractivity (Wildman–Crippen MR) is 58.9 cm³/mol. The van der Waals surface area contributed by atoms with Crippen LogP contribution in [-0.2, 0) is 0 Å². The van der Waals surface area contributed by atoms with Gasteiger partial charge in [-0.3, -0.25) is 0 Å². The maximum Gasteiger partial charge on any atom is 0.00876 e. The molecule has 1 heteroatoms. The number of rotatable bonds is 6. The fourth-order valence-electron chi connectivity index (χ4n) is 2.03. The van der Waals surface area contributed by atoms with Crippen LogP contribution in [0.5, 0.6) is 0 Å². The van der Waals surface area contributed by atoms with Gasteiger partial charge in [0, 0.05) is 12.6 Å². The van der Waals surface area contributed by atoms with Gasteiger partial charge in [0.25, 0.3) is 0 Å². The summed E-state index contributed by atoms with van der Waals surface area (Å²) in [6.45, 7) is 10.5. The number of hydrogen-bond donors (Lipinski definition) is 1. The van der Waals surface area contributed by atoms with Crippen LogP contribution in [0.4, 0.5) is 0 Å². The van der Waals surface area contributed by atoms with E-state index in [1.165, 1.54) is 32.2 Å². The van der Waals surface area contributed by atoms with E-state index in [1.807, 2.05) is 0 Å². The first-order valence-corrected chi connectivity index (χ1v) is 5.87. The highest BCUT2D eigenvalue weighted by molar-refractivity contribution is 4.94. The summed E-state index contributed by atoms with van der Waals surface area (Å²) < 4.78 is 0. The first-order valence-electron chi connectivity index (χ1n) is 5.87. The first-order chi connectivity index (χ1) is 6.13. The summed E-state index contributed by atoms with van der Waals surface area (Å²) in [5.74, 6) is 0.776. The van der Waals surface area contributed by atoms with Gasteiger partial charge in [0.1, 0.15) is 0 Å². The summed E-state index contributed by atoms with van der Waals surface area (Å²) in [6, 6.07) is 0.726. The van der Waals surface area contributed by atoms with Crippen LogP contribution in [-0.4, -0.2) is 12.6 Å². The molecule has 0 spiro atoms. The van der Waals surface area contributed by atoms with Crippen LogP contribution in [0, 0.1) is 11.3 Å². The normalized spacial score (nSPS) is 21.9. The third-order valence-corrected chi connectivity index (χ3v) is 3.69. The molecule has 0 aromatic carbocycles. The van der Waals surface area contributed by atoms with Crippen molar-refractivity contribution in [3.8, 4) is 0 Å². The van der Waals surface area contributed by atoms with Gasteiger partial charge in [-0.25, -0.2) is 0 Å². The zero-order chi connectivity index (χ0) is 9.90. The maximum absolute atomic E-state index is 3.72. The van der Waals surface area contributed by atoms with Gasteiger partial charge in [-0.05, 0) is 37.0 Å². The van der Waals surface area contributed by atoms with Crippen LogP contribution < -0.4 is 5.32 Å². The van der Waals surface area contributed by atoms with Crippen molar-refractivity contribution in [1.82, 2.24) is 5.32 Å². The summed E-state index contributed by atoms with van der Waals surface area (Å²) in [6.07, 6.45) is 5.52. The van der Waals surface area contributed by atoms with E-state index in [1.54, 1.807) is 0 Å². The summed E-state index contributed by atoms with van der Waals surface area (Å²) >= 11 is 0. The van der Waals surface area contributed by atoms with Crippen LogP contribution >= 0.6 is 0 Å². The lowest BCUT2D eigenvalue weighted by Gasteiger charge is -2.24. The standard InChI is InChI=1S/C12H25N/c1-5-11(10(3)4)13-9-12(6-2)7-8-12/h10-11,13H,5-9H2,1-4H3. The van der Waals surface area contributed by atoms with Crippen LogP contribution in [0.25, 0.3) is 0 Å². The van der Waals surface area contributed by atoms with Crippen molar-refractivity contribution in [3.05, 3.63) is 0 Å². The van der Waals surface area contributed by atoms with Crippen molar-refractivity contribution in [2.24, 2.45) is 11.3 Å². The Labute approximate surface area is 83.3 Å². The van der Waals surface area contributed by atoms with E-state index in [9.17, 15) is 0 Å². The molecule has 0 bridgehead atoms. The lowest BCUT2D eigenvalue weighted by Crippen LogP contribution is -2.37. The van der Waals surface area contributed by atoms with E-state index in [0.717, 1.165) is 12.0 Å². The Morgan fingerprint density at radius 1 is 1.23 bits per heavy atom. The Morgan fingerprint density at radius 2 is 1.85 bits per heavy atom. The SMILES string of the molecule is CCC(NCC1(CC)CC1)C(C)C. The Kier molecular flexibility index (Phi) is 3.78. The summed E-state index contributed by atoms with van der Waals surface area (Å²) in [4.78, 5) is 0. The second-order valence-electron chi connectivity index (χ2n) is 4.99. The zero-order valence-corrected chi connectivity index (χ0v) is 9.69. The zero-order valence-electron chi connectivity index (χ0n) is 9.69. The molecule has 1 atom stereocenters. The summed E-state index contributed by atoms with van der Waals surface area (Å²) in [5, 5.41) is 3.72. The molecule has 1 N–H and O–H groups in total. The lowest BCUT2D eigenvalue weighted by atomic mass is 9.99. The predicted octanol–water partition coefficient (Wildman–Crippen LogP) is 3.20. The van der Waals surface area contributed by atoms with Gasteiger partial charge in [0.05, 0.1) is 0 Å². The molecule has 1 nitrogen and oxygen atoms in total. The molecule has 0 aliphatic heterocycles. The van der Waals surface area contributed by atoms with E-state index in [-0.39, 0.29) is 0 Å². The van der Waals surface area contributed by atoms with Crippen LogP contribution in [0.15, 0.2) is 0 Å². The average molecular weight is 183 g/mol. The first kappa shape index (κ1) is 11.0. The van der Waals surface area contributed by atoms with Crippen LogP contribution in [0.1, 0.15) is 53.4 Å². The van der Waals surface area contributed by atoms with Gasteiger partial charge in [-0.1, -0.05) is 27.7 Å². The second-order valence-corrected chi connectivity index (χ2v) is 4.99. The maximum atomic E-state index is 3.72.